The Hall–Kier alpha value is -1.13. The van der Waals surface area contributed by atoms with E-state index >= 15 is 0 Å². The van der Waals surface area contributed by atoms with Crippen LogP contribution in [0, 0.1) is 0 Å². The molecule has 2 heterocycles. The quantitative estimate of drug-likeness (QED) is 0.846. The third-order valence-corrected chi connectivity index (χ3v) is 2.58. The van der Waals surface area contributed by atoms with E-state index in [4.69, 9.17) is 11.6 Å². The van der Waals surface area contributed by atoms with Crippen LogP contribution < -0.4 is 0 Å². The molecule has 5 heteroatoms. The molecule has 2 aromatic heterocycles. The zero-order valence-electron chi connectivity index (χ0n) is 8.61. The predicted molar refractivity (Wildman–Crippen MR) is 58.1 cm³/mol. The fraction of sp³-hybridized carbons (Fsp3) is 0.400. The van der Waals surface area contributed by atoms with Gasteiger partial charge >= 0.3 is 0 Å². The van der Waals surface area contributed by atoms with Crippen molar-refractivity contribution in [2.24, 2.45) is 0 Å². The molecule has 0 amide bonds. The second-order valence-corrected chi connectivity index (χ2v) is 4.51. The molecule has 80 valence electrons. The number of imidazole rings is 1. The molecule has 0 aliphatic heterocycles. The van der Waals surface area contributed by atoms with Crippen LogP contribution in [0.15, 0.2) is 18.3 Å². The van der Waals surface area contributed by atoms with E-state index in [0.29, 0.717) is 5.15 Å². The van der Waals surface area contributed by atoms with Crippen LogP contribution in [0.25, 0.3) is 5.65 Å². The number of hydrogen-bond donors (Lipinski definition) is 1. The summed E-state index contributed by atoms with van der Waals surface area (Å²) < 4.78 is 1.62. The molecular weight excluding hydrogens is 214 g/mol. The second kappa shape index (κ2) is 3.47. The largest absolute Gasteiger partial charge is 0.395 e. The number of hydrogen-bond acceptors (Lipinski definition) is 3. The lowest BCUT2D eigenvalue weighted by Gasteiger charge is -2.17. The SMILES string of the molecule is CC(C)(CO)c1cn2nc(Cl)ccc2n1. The van der Waals surface area contributed by atoms with Crippen molar-refractivity contribution >= 4 is 17.2 Å². The van der Waals surface area contributed by atoms with Gasteiger partial charge in [-0.25, -0.2) is 9.50 Å². The molecule has 2 aromatic rings. The van der Waals surface area contributed by atoms with Gasteiger partial charge in [-0.1, -0.05) is 25.4 Å². The summed E-state index contributed by atoms with van der Waals surface area (Å²) in [6.07, 6.45) is 1.79. The molecule has 4 nitrogen and oxygen atoms in total. The average Bonchev–Trinajstić information content (AvgIpc) is 2.61. The Balaban J connectivity index is 2.56. The van der Waals surface area contributed by atoms with Crippen LogP contribution in [0.1, 0.15) is 19.5 Å². The third-order valence-electron chi connectivity index (χ3n) is 2.38. The molecule has 0 aromatic carbocycles. The highest BCUT2D eigenvalue weighted by Crippen LogP contribution is 2.21. The molecule has 2 rings (SSSR count). The van der Waals surface area contributed by atoms with Gasteiger partial charge in [0.1, 0.15) is 5.15 Å². The van der Waals surface area contributed by atoms with E-state index in [0.717, 1.165) is 11.3 Å². The molecule has 0 radical (unpaired) electrons. The molecule has 0 bridgehead atoms. The van der Waals surface area contributed by atoms with Gasteiger partial charge in [-0.2, -0.15) is 5.10 Å². The molecule has 0 unspecified atom stereocenters. The van der Waals surface area contributed by atoms with Gasteiger partial charge in [0.15, 0.2) is 5.65 Å². The highest BCUT2D eigenvalue weighted by atomic mass is 35.5. The van der Waals surface area contributed by atoms with Gasteiger partial charge in [-0.05, 0) is 12.1 Å². The Morgan fingerprint density at radius 3 is 2.87 bits per heavy atom. The summed E-state index contributed by atoms with van der Waals surface area (Å²) in [6.45, 7) is 3.90. The van der Waals surface area contributed by atoms with Crippen molar-refractivity contribution in [3.8, 4) is 0 Å². The minimum Gasteiger partial charge on any atom is -0.395 e. The lowest BCUT2D eigenvalue weighted by molar-refractivity contribution is 0.215. The van der Waals surface area contributed by atoms with Crippen LogP contribution in [-0.4, -0.2) is 26.3 Å². The molecule has 1 N–H and O–H groups in total. The maximum Gasteiger partial charge on any atom is 0.153 e. The number of nitrogens with zero attached hydrogens (tertiary/aromatic N) is 3. The van der Waals surface area contributed by atoms with E-state index in [2.05, 4.69) is 10.1 Å². The predicted octanol–water partition coefficient (Wildman–Crippen LogP) is 1.65. The maximum absolute atomic E-state index is 9.23. The fourth-order valence-electron chi connectivity index (χ4n) is 1.27. The molecule has 0 spiro atoms. The smallest absolute Gasteiger partial charge is 0.153 e. The summed E-state index contributed by atoms with van der Waals surface area (Å²) >= 11 is 5.77. The first-order valence-electron chi connectivity index (χ1n) is 4.66. The highest BCUT2D eigenvalue weighted by molar-refractivity contribution is 6.29. The van der Waals surface area contributed by atoms with Gasteiger partial charge in [0.05, 0.1) is 18.5 Å². The fourth-order valence-corrected chi connectivity index (χ4v) is 1.41. The van der Waals surface area contributed by atoms with Crippen molar-refractivity contribution in [2.45, 2.75) is 19.3 Å². The van der Waals surface area contributed by atoms with Crippen molar-refractivity contribution in [3.63, 3.8) is 0 Å². The van der Waals surface area contributed by atoms with Crippen LogP contribution >= 0.6 is 11.6 Å². The summed E-state index contributed by atoms with van der Waals surface area (Å²) in [5.74, 6) is 0. The first-order valence-corrected chi connectivity index (χ1v) is 5.04. The van der Waals surface area contributed by atoms with Gasteiger partial charge in [0.25, 0.3) is 0 Å². The number of aliphatic hydroxyl groups excluding tert-OH is 1. The van der Waals surface area contributed by atoms with Crippen molar-refractivity contribution in [1.29, 1.82) is 0 Å². The molecule has 0 aliphatic rings. The average molecular weight is 226 g/mol. The Bertz CT molecular complexity index is 492. The molecule has 15 heavy (non-hydrogen) atoms. The summed E-state index contributed by atoms with van der Waals surface area (Å²) in [5, 5.41) is 13.7. The number of halogens is 1. The van der Waals surface area contributed by atoms with Crippen molar-refractivity contribution < 1.29 is 5.11 Å². The van der Waals surface area contributed by atoms with Crippen LogP contribution in [0.5, 0.6) is 0 Å². The van der Waals surface area contributed by atoms with Crippen molar-refractivity contribution in [2.75, 3.05) is 6.61 Å². The van der Waals surface area contributed by atoms with Crippen molar-refractivity contribution in [1.82, 2.24) is 14.6 Å². The molecule has 0 saturated carbocycles. The first kappa shape index (κ1) is 10.4. The lowest BCUT2D eigenvalue weighted by Crippen LogP contribution is -2.22. The van der Waals surface area contributed by atoms with Crippen LogP contribution in [0.4, 0.5) is 0 Å². The molecule has 0 atom stereocenters. The van der Waals surface area contributed by atoms with E-state index in [1.807, 2.05) is 13.8 Å². The number of aromatic nitrogens is 3. The monoisotopic (exact) mass is 225 g/mol. The zero-order chi connectivity index (χ0) is 11.1. The van der Waals surface area contributed by atoms with E-state index in [-0.39, 0.29) is 12.0 Å². The van der Waals surface area contributed by atoms with Crippen molar-refractivity contribution in [3.05, 3.63) is 29.2 Å². The van der Waals surface area contributed by atoms with E-state index in [1.54, 1.807) is 22.8 Å². The number of aliphatic hydroxyl groups is 1. The summed E-state index contributed by atoms with van der Waals surface area (Å²) in [7, 11) is 0. The molecule has 0 saturated heterocycles. The summed E-state index contributed by atoms with van der Waals surface area (Å²) in [4.78, 5) is 4.38. The molecular formula is C10H12ClN3O. The van der Waals surface area contributed by atoms with Crippen LogP contribution in [0.3, 0.4) is 0 Å². The maximum atomic E-state index is 9.23. The van der Waals surface area contributed by atoms with E-state index in [1.165, 1.54) is 0 Å². The molecule has 0 fully saturated rings. The van der Waals surface area contributed by atoms with E-state index in [9.17, 15) is 5.11 Å². The topological polar surface area (TPSA) is 50.4 Å². The normalized spacial score (nSPS) is 12.3. The van der Waals surface area contributed by atoms with Gasteiger partial charge in [-0.3, -0.25) is 0 Å². The van der Waals surface area contributed by atoms with Crippen LogP contribution in [-0.2, 0) is 5.41 Å². The minimum absolute atomic E-state index is 0.0462. The lowest BCUT2D eigenvalue weighted by atomic mass is 9.91. The third kappa shape index (κ3) is 1.82. The van der Waals surface area contributed by atoms with Gasteiger partial charge in [-0.15, -0.1) is 0 Å². The standard InChI is InChI=1S/C10H12ClN3O/c1-10(2,6-15)7-5-14-9(12-7)4-3-8(11)13-14/h3-5,15H,6H2,1-2H3. The number of rotatable bonds is 2. The Morgan fingerprint density at radius 2 is 2.20 bits per heavy atom. The van der Waals surface area contributed by atoms with Crippen LogP contribution in [0.2, 0.25) is 5.15 Å². The van der Waals surface area contributed by atoms with Gasteiger partial charge in [0.2, 0.25) is 0 Å². The Kier molecular flexibility index (Phi) is 2.40. The van der Waals surface area contributed by atoms with Gasteiger partial charge in [0, 0.05) is 5.41 Å². The minimum atomic E-state index is -0.361. The highest BCUT2D eigenvalue weighted by Gasteiger charge is 2.23. The summed E-state index contributed by atoms with van der Waals surface area (Å²) in [6, 6.07) is 3.49. The summed E-state index contributed by atoms with van der Waals surface area (Å²) in [5.41, 5.74) is 1.18. The second-order valence-electron chi connectivity index (χ2n) is 4.13. The van der Waals surface area contributed by atoms with E-state index < -0.39 is 0 Å². The molecule has 0 aliphatic carbocycles. The first-order chi connectivity index (χ1) is 7.03. The Labute approximate surface area is 92.5 Å². The zero-order valence-corrected chi connectivity index (χ0v) is 9.36. The van der Waals surface area contributed by atoms with Gasteiger partial charge < -0.3 is 5.11 Å². The Morgan fingerprint density at radius 1 is 1.47 bits per heavy atom. The number of fused-ring (bicyclic) bond motifs is 1.